The quantitative estimate of drug-likeness (QED) is 0.494. The predicted octanol–water partition coefficient (Wildman–Crippen LogP) is 3.69. The van der Waals surface area contributed by atoms with Crippen LogP contribution in [0.3, 0.4) is 0 Å². The normalized spacial score (nSPS) is 12.8. The van der Waals surface area contributed by atoms with Crippen LogP contribution in [0.5, 0.6) is 5.75 Å². The zero-order valence-corrected chi connectivity index (χ0v) is 19.0. The molecular formula is C24H24F2N2O4S. The maximum Gasteiger partial charge on any atom is 0.269 e. The van der Waals surface area contributed by atoms with Crippen LogP contribution in [0.1, 0.15) is 39.4 Å². The number of amides is 1. The highest BCUT2D eigenvalue weighted by molar-refractivity contribution is 7.85. The highest BCUT2D eigenvalue weighted by Crippen LogP contribution is 2.36. The Morgan fingerprint density at radius 3 is 2.52 bits per heavy atom. The van der Waals surface area contributed by atoms with E-state index in [1.165, 1.54) is 12.3 Å². The molecule has 1 heterocycles. The van der Waals surface area contributed by atoms with Gasteiger partial charge in [0.15, 0.2) is 0 Å². The standard InChI is InChI=1S/C24H24F2N2O4S/c1-3-32-17-5-7-18(8-6-17)33(31)23(19-13-16(25)4-9-21(19)26)20-14-28-22(12-15(20)2)24(30)27-10-11-29/h4-9,12-14,23,29H,3,10-11H2,1-2H3,(H,27,30). The molecule has 0 radical (unpaired) electrons. The summed E-state index contributed by atoms with van der Waals surface area (Å²) in [7, 11) is -1.82. The summed E-state index contributed by atoms with van der Waals surface area (Å²) < 4.78 is 47.9. The first-order valence-corrected chi connectivity index (χ1v) is 11.5. The summed E-state index contributed by atoms with van der Waals surface area (Å²) in [6.07, 6.45) is 1.35. The fourth-order valence-corrected chi connectivity index (χ4v) is 4.88. The molecule has 0 aliphatic rings. The van der Waals surface area contributed by atoms with Crippen LogP contribution in [0.15, 0.2) is 59.6 Å². The van der Waals surface area contributed by atoms with Crippen molar-refractivity contribution in [1.29, 1.82) is 0 Å². The van der Waals surface area contributed by atoms with Crippen molar-refractivity contribution in [3.63, 3.8) is 0 Å². The minimum atomic E-state index is -1.82. The molecule has 0 bridgehead atoms. The molecule has 9 heteroatoms. The number of halogens is 2. The fourth-order valence-electron chi connectivity index (χ4n) is 3.31. The number of aryl methyl sites for hydroxylation is 1. The number of rotatable bonds is 9. The highest BCUT2D eigenvalue weighted by atomic mass is 32.2. The number of carbonyl (C=O) groups excluding carboxylic acids is 1. The van der Waals surface area contributed by atoms with Gasteiger partial charge < -0.3 is 15.2 Å². The van der Waals surface area contributed by atoms with Gasteiger partial charge in [-0.25, -0.2) is 8.78 Å². The summed E-state index contributed by atoms with van der Waals surface area (Å²) in [6, 6.07) is 11.1. The molecule has 0 aliphatic carbocycles. The van der Waals surface area contributed by atoms with Gasteiger partial charge in [-0.1, -0.05) is 0 Å². The van der Waals surface area contributed by atoms with Gasteiger partial charge in [0.05, 0.1) is 29.3 Å². The lowest BCUT2D eigenvalue weighted by atomic mass is 10.0. The number of aliphatic hydroxyl groups excluding tert-OH is 1. The fraction of sp³-hybridized carbons (Fsp3) is 0.250. The van der Waals surface area contributed by atoms with Crippen LogP contribution < -0.4 is 10.1 Å². The van der Waals surface area contributed by atoms with Crippen molar-refractivity contribution in [2.24, 2.45) is 0 Å². The smallest absolute Gasteiger partial charge is 0.269 e. The molecule has 6 nitrogen and oxygen atoms in total. The first-order chi connectivity index (χ1) is 15.8. The maximum atomic E-state index is 14.8. The molecule has 0 fully saturated rings. The maximum absolute atomic E-state index is 14.8. The Morgan fingerprint density at radius 1 is 1.15 bits per heavy atom. The van der Waals surface area contributed by atoms with Gasteiger partial charge in [0.2, 0.25) is 0 Å². The summed E-state index contributed by atoms with van der Waals surface area (Å²) in [5.74, 6) is -1.25. The topological polar surface area (TPSA) is 88.5 Å². The van der Waals surface area contributed by atoms with E-state index in [-0.39, 0.29) is 24.4 Å². The van der Waals surface area contributed by atoms with Gasteiger partial charge in [-0.15, -0.1) is 0 Å². The Bertz CT molecular complexity index is 1160. The van der Waals surface area contributed by atoms with Gasteiger partial charge in [-0.05, 0) is 73.5 Å². The number of carbonyl (C=O) groups is 1. The van der Waals surface area contributed by atoms with Crippen molar-refractivity contribution in [2.75, 3.05) is 19.8 Å². The Labute approximate surface area is 193 Å². The van der Waals surface area contributed by atoms with E-state index in [1.807, 2.05) is 6.92 Å². The third-order valence-corrected chi connectivity index (χ3v) is 6.56. The summed E-state index contributed by atoms with van der Waals surface area (Å²) >= 11 is 0. The summed E-state index contributed by atoms with van der Waals surface area (Å²) in [5.41, 5.74) is 0.942. The molecular weight excluding hydrogens is 450 g/mol. The van der Waals surface area contributed by atoms with Gasteiger partial charge >= 0.3 is 0 Å². The Hall–Kier alpha value is -3.17. The minimum Gasteiger partial charge on any atom is -0.494 e. The van der Waals surface area contributed by atoms with Crippen LogP contribution in [-0.4, -0.2) is 40.0 Å². The third-order valence-electron chi connectivity index (χ3n) is 4.89. The van der Waals surface area contributed by atoms with Crippen molar-refractivity contribution in [3.05, 3.63) is 88.7 Å². The summed E-state index contributed by atoms with van der Waals surface area (Å²) in [6.45, 7) is 3.85. The molecule has 0 aliphatic heterocycles. The Balaban J connectivity index is 2.07. The van der Waals surface area contributed by atoms with Gasteiger partial charge in [-0.3, -0.25) is 14.0 Å². The number of nitrogens with zero attached hydrogens (tertiary/aromatic N) is 1. The van der Waals surface area contributed by atoms with Crippen molar-refractivity contribution in [1.82, 2.24) is 10.3 Å². The number of hydrogen-bond donors (Lipinski definition) is 2. The van der Waals surface area contributed by atoms with Crippen molar-refractivity contribution in [2.45, 2.75) is 24.0 Å². The number of aromatic nitrogens is 1. The SMILES string of the molecule is CCOc1ccc(S(=O)C(c2cnc(C(=O)NCCO)cc2C)c2cc(F)ccc2F)cc1. The van der Waals surface area contributed by atoms with Crippen LogP contribution >= 0.6 is 0 Å². The number of nitrogens with one attached hydrogen (secondary N) is 1. The molecule has 174 valence electrons. The second kappa shape index (κ2) is 11.1. The molecule has 33 heavy (non-hydrogen) atoms. The van der Waals surface area contributed by atoms with E-state index in [0.29, 0.717) is 28.4 Å². The average molecular weight is 475 g/mol. The largest absolute Gasteiger partial charge is 0.494 e. The number of aliphatic hydroxyl groups is 1. The van der Waals surface area contributed by atoms with Gasteiger partial charge in [0.25, 0.3) is 5.91 Å². The minimum absolute atomic E-state index is 0.0696. The third kappa shape index (κ3) is 5.80. The van der Waals surface area contributed by atoms with E-state index in [2.05, 4.69) is 10.3 Å². The lowest BCUT2D eigenvalue weighted by Crippen LogP contribution is -2.27. The summed E-state index contributed by atoms with van der Waals surface area (Å²) in [5, 5.41) is 10.3. The van der Waals surface area contributed by atoms with E-state index in [1.54, 1.807) is 31.2 Å². The van der Waals surface area contributed by atoms with Crippen molar-refractivity contribution < 1.29 is 27.6 Å². The van der Waals surface area contributed by atoms with Crippen LogP contribution in [0, 0.1) is 18.6 Å². The van der Waals surface area contributed by atoms with Crippen molar-refractivity contribution in [3.8, 4) is 5.75 Å². The number of pyridine rings is 1. The molecule has 3 aromatic rings. The molecule has 1 amide bonds. The van der Waals surface area contributed by atoms with Gasteiger partial charge in [0.1, 0.15) is 23.1 Å². The zero-order valence-electron chi connectivity index (χ0n) is 18.2. The van der Waals surface area contributed by atoms with E-state index in [9.17, 15) is 17.8 Å². The van der Waals surface area contributed by atoms with E-state index >= 15 is 0 Å². The average Bonchev–Trinajstić information content (AvgIpc) is 2.81. The first kappa shape index (κ1) is 24.5. The van der Waals surface area contributed by atoms with E-state index in [4.69, 9.17) is 9.84 Å². The van der Waals surface area contributed by atoms with Crippen molar-refractivity contribution >= 4 is 16.7 Å². The van der Waals surface area contributed by atoms with Gasteiger partial charge in [-0.2, -0.15) is 0 Å². The molecule has 2 N–H and O–H groups in total. The lowest BCUT2D eigenvalue weighted by molar-refractivity contribution is 0.0939. The monoisotopic (exact) mass is 474 g/mol. The molecule has 1 aromatic heterocycles. The zero-order chi connectivity index (χ0) is 24.0. The van der Waals surface area contributed by atoms with Crippen LogP contribution in [0.2, 0.25) is 0 Å². The summed E-state index contributed by atoms with van der Waals surface area (Å²) in [4.78, 5) is 16.7. The van der Waals surface area contributed by atoms with E-state index in [0.717, 1.165) is 18.2 Å². The number of benzene rings is 2. The van der Waals surface area contributed by atoms with E-state index < -0.39 is 33.6 Å². The first-order valence-electron chi connectivity index (χ1n) is 10.3. The molecule has 0 saturated heterocycles. The Morgan fingerprint density at radius 2 is 1.88 bits per heavy atom. The molecule has 2 unspecified atom stereocenters. The second-order valence-electron chi connectivity index (χ2n) is 7.15. The highest BCUT2D eigenvalue weighted by Gasteiger charge is 2.28. The molecule has 0 saturated carbocycles. The van der Waals surface area contributed by atoms with Crippen LogP contribution in [-0.2, 0) is 10.8 Å². The lowest BCUT2D eigenvalue weighted by Gasteiger charge is -2.21. The number of hydrogen-bond acceptors (Lipinski definition) is 5. The molecule has 2 aromatic carbocycles. The number of ether oxygens (including phenoxy) is 1. The van der Waals surface area contributed by atoms with Gasteiger partial charge in [0, 0.05) is 23.2 Å². The Kier molecular flexibility index (Phi) is 8.24. The van der Waals surface area contributed by atoms with Crippen LogP contribution in [0.4, 0.5) is 8.78 Å². The molecule has 3 rings (SSSR count). The predicted molar refractivity (Wildman–Crippen MR) is 121 cm³/mol. The van der Waals surface area contributed by atoms with Crippen LogP contribution in [0.25, 0.3) is 0 Å². The molecule has 0 spiro atoms. The molecule has 2 atom stereocenters. The second-order valence-corrected chi connectivity index (χ2v) is 8.69.